The molecule has 5 heteroatoms. The van der Waals surface area contributed by atoms with Gasteiger partial charge in [-0.25, -0.2) is 4.79 Å². The zero-order chi connectivity index (χ0) is 16.2. The van der Waals surface area contributed by atoms with E-state index in [2.05, 4.69) is 28.3 Å². The number of carbonyl (C=O) groups is 1. The van der Waals surface area contributed by atoms with E-state index in [1.807, 2.05) is 32.7 Å². The number of aryl methyl sites for hydroxylation is 1. The Balaban J connectivity index is 1.87. The zero-order valence-electron chi connectivity index (χ0n) is 14.3. The first-order valence-corrected chi connectivity index (χ1v) is 8.16. The molecular formula is C17H29N3O2. The van der Waals surface area contributed by atoms with Gasteiger partial charge in [-0.1, -0.05) is 6.42 Å². The number of rotatable bonds is 3. The first kappa shape index (κ1) is 16.9. The topological polar surface area (TPSA) is 46.5 Å². The second-order valence-electron chi connectivity index (χ2n) is 7.19. The molecule has 1 amide bonds. The molecule has 1 aliphatic heterocycles. The van der Waals surface area contributed by atoms with E-state index in [1.54, 1.807) is 0 Å². The maximum atomic E-state index is 12.3. The molecule has 0 spiro atoms. The number of likely N-dealkylation sites (tertiary alicyclic amines) is 1. The average molecular weight is 307 g/mol. The Morgan fingerprint density at radius 2 is 2.18 bits per heavy atom. The molecule has 5 nitrogen and oxygen atoms in total. The molecule has 1 atom stereocenters. The van der Waals surface area contributed by atoms with Crippen LogP contribution < -0.4 is 5.32 Å². The average Bonchev–Trinajstić information content (AvgIpc) is 2.69. The fourth-order valence-electron chi connectivity index (χ4n) is 2.73. The van der Waals surface area contributed by atoms with Gasteiger partial charge in [-0.2, -0.15) is 0 Å². The van der Waals surface area contributed by atoms with Gasteiger partial charge in [-0.05, 0) is 45.2 Å². The normalized spacial score (nSPS) is 19.8. The number of ether oxygens (including phenoxy) is 1. The van der Waals surface area contributed by atoms with Crippen LogP contribution in [0, 0.1) is 0 Å². The molecule has 2 rings (SSSR count). The van der Waals surface area contributed by atoms with Crippen molar-refractivity contribution in [1.82, 2.24) is 14.8 Å². The zero-order valence-corrected chi connectivity index (χ0v) is 14.3. The number of hydrogen-bond donors (Lipinski definition) is 1. The van der Waals surface area contributed by atoms with Crippen molar-refractivity contribution in [2.45, 2.75) is 58.2 Å². The highest BCUT2D eigenvalue weighted by Gasteiger charge is 2.26. The molecule has 1 unspecified atom stereocenters. The molecule has 1 aromatic rings. The fraction of sp³-hybridized carbons (Fsp3) is 0.706. The molecule has 0 aliphatic carbocycles. The number of nitrogens with one attached hydrogen (secondary N) is 1. The molecule has 1 fully saturated rings. The van der Waals surface area contributed by atoms with Crippen LogP contribution in [0.3, 0.4) is 0 Å². The van der Waals surface area contributed by atoms with E-state index in [0.717, 1.165) is 38.9 Å². The molecule has 0 bridgehead atoms. The molecular weight excluding hydrogens is 278 g/mol. The van der Waals surface area contributed by atoms with Gasteiger partial charge in [0, 0.05) is 45.1 Å². The van der Waals surface area contributed by atoms with Crippen molar-refractivity contribution in [2.24, 2.45) is 7.05 Å². The first-order valence-electron chi connectivity index (χ1n) is 8.16. The summed E-state index contributed by atoms with van der Waals surface area (Å²) in [6.07, 6.45) is 7.27. The lowest BCUT2D eigenvalue weighted by Crippen LogP contribution is -2.44. The standard InChI is InChI=1S/C17H29N3O2/c1-17(2,3)22-16(21)20-9-6-5-7-15(13-20)18-11-14-8-10-19(4)12-14/h8,10,12,15,18H,5-7,9,11,13H2,1-4H3. The maximum absolute atomic E-state index is 12.3. The van der Waals surface area contributed by atoms with Crippen molar-refractivity contribution in [2.75, 3.05) is 13.1 Å². The van der Waals surface area contributed by atoms with Crippen molar-refractivity contribution in [3.05, 3.63) is 24.0 Å². The highest BCUT2D eigenvalue weighted by Crippen LogP contribution is 2.16. The number of amides is 1. The van der Waals surface area contributed by atoms with Crippen molar-refractivity contribution < 1.29 is 9.53 Å². The second kappa shape index (κ2) is 7.18. The van der Waals surface area contributed by atoms with Gasteiger partial charge in [-0.3, -0.25) is 0 Å². The minimum Gasteiger partial charge on any atom is -0.444 e. The van der Waals surface area contributed by atoms with Gasteiger partial charge in [0.25, 0.3) is 0 Å². The molecule has 0 aromatic carbocycles. The van der Waals surface area contributed by atoms with E-state index in [0.29, 0.717) is 6.04 Å². The highest BCUT2D eigenvalue weighted by molar-refractivity contribution is 5.68. The lowest BCUT2D eigenvalue weighted by molar-refractivity contribution is 0.0243. The summed E-state index contributed by atoms with van der Waals surface area (Å²) in [6.45, 7) is 8.09. The van der Waals surface area contributed by atoms with Crippen LogP contribution in [0.15, 0.2) is 18.5 Å². The Hall–Kier alpha value is -1.49. The Morgan fingerprint density at radius 3 is 2.82 bits per heavy atom. The third-order valence-corrected chi connectivity index (χ3v) is 3.81. The van der Waals surface area contributed by atoms with E-state index < -0.39 is 5.60 Å². The Kier molecular flexibility index (Phi) is 5.51. The predicted molar refractivity (Wildman–Crippen MR) is 87.7 cm³/mol. The quantitative estimate of drug-likeness (QED) is 0.934. The molecule has 1 aromatic heterocycles. The fourth-order valence-corrected chi connectivity index (χ4v) is 2.73. The monoisotopic (exact) mass is 307 g/mol. The summed E-state index contributed by atoms with van der Waals surface area (Å²) < 4.78 is 7.56. The summed E-state index contributed by atoms with van der Waals surface area (Å²) in [6, 6.07) is 2.45. The molecule has 124 valence electrons. The molecule has 22 heavy (non-hydrogen) atoms. The number of carbonyl (C=O) groups excluding carboxylic acids is 1. The Bertz CT molecular complexity index is 490. The van der Waals surface area contributed by atoms with Crippen molar-refractivity contribution in [3.63, 3.8) is 0 Å². The summed E-state index contributed by atoms with van der Waals surface area (Å²) in [5.41, 5.74) is 0.839. The Morgan fingerprint density at radius 1 is 1.41 bits per heavy atom. The van der Waals surface area contributed by atoms with Crippen molar-refractivity contribution >= 4 is 6.09 Å². The van der Waals surface area contributed by atoms with Gasteiger partial charge in [-0.15, -0.1) is 0 Å². The van der Waals surface area contributed by atoms with Crippen LogP contribution in [-0.2, 0) is 18.3 Å². The summed E-state index contributed by atoms with van der Waals surface area (Å²) in [5, 5.41) is 3.58. The number of aromatic nitrogens is 1. The lowest BCUT2D eigenvalue weighted by Gasteiger charge is -2.28. The first-order chi connectivity index (χ1) is 10.3. The van der Waals surface area contributed by atoms with Crippen LogP contribution in [-0.4, -0.2) is 40.3 Å². The van der Waals surface area contributed by atoms with Gasteiger partial charge >= 0.3 is 6.09 Å². The van der Waals surface area contributed by atoms with E-state index >= 15 is 0 Å². The minimum absolute atomic E-state index is 0.194. The summed E-state index contributed by atoms with van der Waals surface area (Å²) in [5.74, 6) is 0. The van der Waals surface area contributed by atoms with Crippen molar-refractivity contribution in [3.8, 4) is 0 Å². The molecule has 1 aliphatic rings. The van der Waals surface area contributed by atoms with E-state index in [1.165, 1.54) is 5.56 Å². The largest absolute Gasteiger partial charge is 0.444 e. The van der Waals surface area contributed by atoms with E-state index in [9.17, 15) is 4.79 Å². The van der Waals surface area contributed by atoms with Crippen LogP contribution in [0.1, 0.15) is 45.6 Å². The molecule has 2 heterocycles. The third-order valence-electron chi connectivity index (χ3n) is 3.81. The Labute approximate surface area is 133 Å². The predicted octanol–water partition coefficient (Wildman–Crippen LogP) is 2.90. The van der Waals surface area contributed by atoms with Gasteiger partial charge in [0.2, 0.25) is 0 Å². The van der Waals surface area contributed by atoms with Gasteiger partial charge in [0.05, 0.1) is 0 Å². The van der Waals surface area contributed by atoms with Crippen LogP contribution in [0.5, 0.6) is 0 Å². The molecule has 0 saturated carbocycles. The van der Waals surface area contributed by atoms with E-state index in [-0.39, 0.29) is 6.09 Å². The second-order valence-corrected chi connectivity index (χ2v) is 7.19. The van der Waals surface area contributed by atoms with Gasteiger partial charge in [0.1, 0.15) is 5.60 Å². The molecule has 1 N–H and O–H groups in total. The van der Waals surface area contributed by atoms with E-state index in [4.69, 9.17) is 4.74 Å². The van der Waals surface area contributed by atoms with Crippen LogP contribution in [0.4, 0.5) is 4.79 Å². The highest BCUT2D eigenvalue weighted by atomic mass is 16.6. The molecule has 1 saturated heterocycles. The van der Waals surface area contributed by atoms with Crippen LogP contribution >= 0.6 is 0 Å². The number of nitrogens with zero attached hydrogens (tertiary/aromatic N) is 2. The van der Waals surface area contributed by atoms with Crippen LogP contribution in [0.25, 0.3) is 0 Å². The minimum atomic E-state index is -0.434. The SMILES string of the molecule is Cn1ccc(CNC2CCCCN(C(=O)OC(C)(C)C)C2)c1. The lowest BCUT2D eigenvalue weighted by atomic mass is 10.1. The smallest absolute Gasteiger partial charge is 0.410 e. The van der Waals surface area contributed by atoms with Gasteiger partial charge in [0.15, 0.2) is 0 Å². The summed E-state index contributed by atoms with van der Waals surface area (Å²) >= 11 is 0. The van der Waals surface area contributed by atoms with Gasteiger partial charge < -0.3 is 19.5 Å². The van der Waals surface area contributed by atoms with Crippen LogP contribution in [0.2, 0.25) is 0 Å². The summed E-state index contributed by atoms with van der Waals surface area (Å²) in [4.78, 5) is 14.1. The molecule has 0 radical (unpaired) electrons. The number of hydrogen-bond acceptors (Lipinski definition) is 3. The maximum Gasteiger partial charge on any atom is 0.410 e. The van der Waals surface area contributed by atoms with Crippen molar-refractivity contribution in [1.29, 1.82) is 0 Å². The summed E-state index contributed by atoms with van der Waals surface area (Å²) in [7, 11) is 2.03. The third kappa shape index (κ3) is 5.37.